The lowest BCUT2D eigenvalue weighted by molar-refractivity contribution is 0.0826. The van der Waals surface area contributed by atoms with Crippen molar-refractivity contribution in [3.63, 3.8) is 0 Å². The molecule has 1 aliphatic heterocycles. The highest BCUT2D eigenvalue weighted by molar-refractivity contribution is 5.85. The zero-order valence-corrected chi connectivity index (χ0v) is 13.4. The maximum atomic E-state index is 14.1. The molecular weight excluding hydrogens is 301 g/mol. The summed E-state index contributed by atoms with van der Waals surface area (Å²) >= 11 is 0. The van der Waals surface area contributed by atoms with E-state index in [2.05, 4.69) is 10.2 Å². The Hall–Kier alpha value is -0.780. The smallest absolute Gasteiger partial charge is 0.163 e. The molecule has 1 N–H and O–H groups in total. The predicted molar refractivity (Wildman–Crippen MR) is 80.2 cm³/mol. The van der Waals surface area contributed by atoms with Crippen LogP contribution in [0.2, 0.25) is 0 Å². The molecule has 0 amide bonds. The first kappa shape index (κ1) is 18.3. The van der Waals surface area contributed by atoms with Crippen LogP contribution in [0.25, 0.3) is 0 Å². The van der Waals surface area contributed by atoms with Crippen molar-refractivity contribution in [1.29, 1.82) is 0 Å². The van der Waals surface area contributed by atoms with E-state index >= 15 is 0 Å². The quantitative estimate of drug-likeness (QED) is 0.838. The first-order valence-corrected chi connectivity index (χ1v) is 6.90. The maximum absolute atomic E-state index is 14.1. The van der Waals surface area contributed by atoms with E-state index in [1.165, 1.54) is 0 Å². The van der Waals surface area contributed by atoms with Gasteiger partial charge in [-0.15, -0.1) is 12.4 Å². The van der Waals surface area contributed by atoms with Crippen LogP contribution in [0.1, 0.15) is 32.4 Å². The second-order valence-electron chi connectivity index (χ2n) is 6.35. The Bertz CT molecular complexity index is 483. The van der Waals surface area contributed by atoms with E-state index in [-0.39, 0.29) is 29.4 Å². The number of piperazine rings is 1. The zero-order chi connectivity index (χ0) is 14.9. The number of halogens is 4. The van der Waals surface area contributed by atoms with Crippen LogP contribution in [0, 0.1) is 22.9 Å². The lowest BCUT2D eigenvalue weighted by Gasteiger charge is -2.42. The van der Waals surface area contributed by atoms with Gasteiger partial charge in [-0.2, -0.15) is 0 Å². The molecule has 0 saturated carbocycles. The lowest BCUT2D eigenvalue weighted by atomic mass is 9.80. The molecule has 6 heteroatoms. The van der Waals surface area contributed by atoms with E-state index in [1.807, 2.05) is 20.8 Å². The minimum atomic E-state index is -1.12. The number of nitrogens with zero attached hydrogens (tertiary/aromatic N) is 1. The third-order valence-electron chi connectivity index (χ3n) is 3.65. The minimum Gasteiger partial charge on any atom is -0.314 e. The summed E-state index contributed by atoms with van der Waals surface area (Å²) in [6.45, 7) is 8.95. The molecule has 1 aromatic carbocycles. The number of hydrogen-bond donors (Lipinski definition) is 1. The van der Waals surface area contributed by atoms with Gasteiger partial charge in [-0.05, 0) is 11.5 Å². The molecule has 2 rings (SSSR count). The summed E-state index contributed by atoms with van der Waals surface area (Å²) in [5.74, 6) is -2.79. The molecule has 120 valence electrons. The molecule has 1 aromatic rings. The average Bonchev–Trinajstić information content (AvgIpc) is 2.35. The van der Waals surface area contributed by atoms with Gasteiger partial charge in [-0.3, -0.25) is 4.90 Å². The van der Waals surface area contributed by atoms with Gasteiger partial charge in [0.2, 0.25) is 0 Å². The summed E-state index contributed by atoms with van der Waals surface area (Å²) in [6, 6.07) is 1.36. The van der Waals surface area contributed by atoms with Gasteiger partial charge in [0.15, 0.2) is 11.6 Å². The van der Waals surface area contributed by atoms with Gasteiger partial charge in [0.05, 0.1) is 0 Å². The van der Waals surface area contributed by atoms with Crippen LogP contribution in [-0.4, -0.2) is 31.1 Å². The van der Waals surface area contributed by atoms with Crippen LogP contribution in [0.4, 0.5) is 13.2 Å². The average molecular weight is 323 g/mol. The third kappa shape index (κ3) is 4.11. The van der Waals surface area contributed by atoms with Gasteiger partial charge in [0.25, 0.3) is 0 Å². The maximum Gasteiger partial charge on any atom is 0.163 e. The Labute approximate surface area is 130 Å². The highest BCUT2D eigenvalue weighted by Crippen LogP contribution is 2.39. The van der Waals surface area contributed by atoms with Gasteiger partial charge in [-0.25, -0.2) is 13.2 Å². The van der Waals surface area contributed by atoms with E-state index in [0.29, 0.717) is 6.07 Å². The van der Waals surface area contributed by atoms with E-state index in [4.69, 9.17) is 0 Å². The summed E-state index contributed by atoms with van der Waals surface area (Å²) in [4.78, 5) is 2.09. The Morgan fingerprint density at radius 1 is 1.10 bits per heavy atom. The standard InChI is InChI=1S/C15H21F3N2.ClH/c1-15(2,3)14(20-6-4-19-5-7-20)11-8-10(16)9-12(17)13(11)18;/h8-9,14,19H,4-7H2,1-3H3;1H/t14-;/m0./s1. The van der Waals surface area contributed by atoms with E-state index in [0.717, 1.165) is 32.2 Å². The lowest BCUT2D eigenvalue weighted by Crippen LogP contribution is -2.48. The topological polar surface area (TPSA) is 15.3 Å². The molecule has 0 unspecified atom stereocenters. The summed E-state index contributed by atoms with van der Waals surface area (Å²) in [6.07, 6.45) is 0. The molecule has 1 fully saturated rings. The molecule has 0 aromatic heterocycles. The molecule has 1 aliphatic rings. The summed E-state index contributed by atoms with van der Waals surface area (Å²) in [5, 5.41) is 3.23. The number of nitrogens with one attached hydrogen (secondary N) is 1. The fourth-order valence-corrected chi connectivity index (χ4v) is 2.93. The zero-order valence-electron chi connectivity index (χ0n) is 12.5. The fraction of sp³-hybridized carbons (Fsp3) is 0.600. The van der Waals surface area contributed by atoms with Crippen molar-refractivity contribution in [2.24, 2.45) is 5.41 Å². The molecule has 1 atom stereocenters. The van der Waals surface area contributed by atoms with Crippen molar-refractivity contribution in [2.75, 3.05) is 26.2 Å². The Kier molecular flexibility index (Phi) is 6.08. The number of rotatable bonds is 2. The van der Waals surface area contributed by atoms with Gasteiger partial charge < -0.3 is 5.32 Å². The Morgan fingerprint density at radius 2 is 1.67 bits per heavy atom. The van der Waals surface area contributed by atoms with Crippen molar-refractivity contribution in [3.8, 4) is 0 Å². The van der Waals surface area contributed by atoms with Crippen LogP contribution in [-0.2, 0) is 0 Å². The van der Waals surface area contributed by atoms with Crippen molar-refractivity contribution >= 4 is 12.4 Å². The SMILES string of the molecule is CC(C)(C)[C@H](c1cc(F)cc(F)c1F)N1CCNCC1.Cl. The molecule has 1 saturated heterocycles. The third-order valence-corrected chi connectivity index (χ3v) is 3.65. The van der Waals surface area contributed by atoms with Crippen molar-refractivity contribution in [1.82, 2.24) is 10.2 Å². The molecule has 2 nitrogen and oxygen atoms in total. The first-order chi connectivity index (χ1) is 9.30. The molecular formula is C15H22ClF3N2. The Morgan fingerprint density at radius 3 is 2.19 bits per heavy atom. The summed E-state index contributed by atoms with van der Waals surface area (Å²) in [7, 11) is 0. The first-order valence-electron chi connectivity index (χ1n) is 6.90. The highest BCUT2D eigenvalue weighted by Gasteiger charge is 2.35. The van der Waals surface area contributed by atoms with Crippen LogP contribution in [0.5, 0.6) is 0 Å². The van der Waals surface area contributed by atoms with Crippen LogP contribution in [0.3, 0.4) is 0 Å². The van der Waals surface area contributed by atoms with Gasteiger partial charge in [0.1, 0.15) is 5.82 Å². The second kappa shape index (κ2) is 6.99. The normalized spacial score (nSPS) is 18.2. The number of benzene rings is 1. The number of hydrogen-bond acceptors (Lipinski definition) is 2. The molecule has 21 heavy (non-hydrogen) atoms. The second-order valence-corrected chi connectivity index (χ2v) is 6.35. The molecule has 0 aliphatic carbocycles. The molecule has 0 spiro atoms. The molecule has 1 heterocycles. The monoisotopic (exact) mass is 322 g/mol. The van der Waals surface area contributed by atoms with Crippen LogP contribution < -0.4 is 5.32 Å². The summed E-state index contributed by atoms with van der Waals surface area (Å²) in [5.41, 5.74) is -0.213. The predicted octanol–water partition coefficient (Wildman–Crippen LogP) is 3.52. The van der Waals surface area contributed by atoms with Crippen LogP contribution in [0.15, 0.2) is 12.1 Å². The minimum absolute atomic E-state index is 0. The molecule has 0 bridgehead atoms. The largest absolute Gasteiger partial charge is 0.314 e. The van der Waals surface area contributed by atoms with E-state index < -0.39 is 17.5 Å². The van der Waals surface area contributed by atoms with Crippen molar-refractivity contribution in [2.45, 2.75) is 26.8 Å². The van der Waals surface area contributed by atoms with Crippen molar-refractivity contribution < 1.29 is 13.2 Å². The summed E-state index contributed by atoms with van der Waals surface area (Å²) < 4.78 is 41.1. The highest BCUT2D eigenvalue weighted by atomic mass is 35.5. The van der Waals surface area contributed by atoms with E-state index in [1.54, 1.807) is 0 Å². The van der Waals surface area contributed by atoms with Crippen molar-refractivity contribution in [3.05, 3.63) is 35.1 Å². The van der Waals surface area contributed by atoms with Crippen LogP contribution >= 0.6 is 12.4 Å². The van der Waals surface area contributed by atoms with Gasteiger partial charge in [0, 0.05) is 43.9 Å². The van der Waals surface area contributed by atoms with E-state index in [9.17, 15) is 13.2 Å². The van der Waals surface area contributed by atoms with Gasteiger partial charge >= 0.3 is 0 Å². The Balaban J connectivity index is 0.00000220. The van der Waals surface area contributed by atoms with Gasteiger partial charge in [-0.1, -0.05) is 20.8 Å². The molecule has 0 radical (unpaired) electrons. The fourth-order valence-electron chi connectivity index (χ4n) is 2.93.